The Balaban J connectivity index is 1.83. The molecule has 3 rings (SSSR count). The molecule has 0 aliphatic heterocycles. The maximum absolute atomic E-state index is 5.51. The summed E-state index contributed by atoms with van der Waals surface area (Å²) >= 11 is 0. The van der Waals surface area contributed by atoms with Gasteiger partial charge in [-0.05, 0) is 19.1 Å². The van der Waals surface area contributed by atoms with Gasteiger partial charge in [0.1, 0.15) is 5.82 Å². The first-order valence-electron chi connectivity index (χ1n) is 6.91. The molecule has 2 aromatic heterocycles. The van der Waals surface area contributed by atoms with Crippen LogP contribution in [0, 0.1) is 6.92 Å². The monoisotopic (exact) mass is 283 g/mol. The number of anilines is 1. The Morgan fingerprint density at radius 3 is 2.86 bits per heavy atom. The molecule has 0 unspecified atom stereocenters. The molecule has 0 atom stereocenters. The number of hydrogen-bond acceptors (Lipinski definition) is 5. The summed E-state index contributed by atoms with van der Waals surface area (Å²) in [7, 11) is 0. The van der Waals surface area contributed by atoms with Crippen molar-refractivity contribution in [2.24, 2.45) is 0 Å². The van der Waals surface area contributed by atoms with Gasteiger partial charge < -0.3 is 14.3 Å². The molecule has 108 valence electrons. The first kappa shape index (κ1) is 13.4. The average molecular weight is 283 g/mol. The Labute approximate surface area is 122 Å². The first-order valence-corrected chi connectivity index (χ1v) is 6.91. The second-order valence-electron chi connectivity index (χ2n) is 4.65. The summed E-state index contributed by atoms with van der Waals surface area (Å²) < 4.78 is 7.61. The summed E-state index contributed by atoms with van der Waals surface area (Å²) in [6.07, 6.45) is 3.79. The third kappa shape index (κ3) is 2.79. The highest BCUT2D eigenvalue weighted by Gasteiger charge is 2.11. The van der Waals surface area contributed by atoms with Gasteiger partial charge in [-0.1, -0.05) is 12.1 Å². The molecular formula is C15H17N5O. The summed E-state index contributed by atoms with van der Waals surface area (Å²) in [5.41, 5.74) is 1.85. The standard InChI is InChI=1S/C15H17N5O/c1-3-20-9-8-16-14(20)10-17-13-7-5-4-6-12(13)15-19-18-11(2)21-15/h4-9,17H,3,10H2,1-2H3. The van der Waals surface area contributed by atoms with Crippen LogP contribution < -0.4 is 5.32 Å². The molecule has 0 saturated heterocycles. The van der Waals surface area contributed by atoms with Gasteiger partial charge >= 0.3 is 0 Å². The number of benzene rings is 1. The van der Waals surface area contributed by atoms with E-state index in [4.69, 9.17) is 4.42 Å². The van der Waals surface area contributed by atoms with Gasteiger partial charge in [0.15, 0.2) is 0 Å². The van der Waals surface area contributed by atoms with Crippen LogP contribution in [0.3, 0.4) is 0 Å². The van der Waals surface area contributed by atoms with Gasteiger partial charge in [-0.15, -0.1) is 10.2 Å². The van der Waals surface area contributed by atoms with Crippen molar-refractivity contribution < 1.29 is 4.42 Å². The van der Waals surface area contributed by atoms with Crippen molar-refractivity contribution in [1.29, 1.82) is 0 Å². The van der Waals surface area contributed by atoms with E-state index in [9.17, 15) is 0 Å². The van der Waals surface area contributed by atoms with Gasteiger partial charge in [-0.3, -0.25) is 0 Å². The molecule has 2 heterocycles. The summed E-state index contributed by atoms with van der Waals surface area (Å²) in [5.74, 6) is 2.07. The third-order valence-electron chi connectivity index (χ3n) is 3.26. The molecule has 0 amide bonds. The maximum atomic E-state index is 5.51. The molecular weight excluding hydrogens is 266 g/mol. The second kappa shape index (κ2) is 5.78. The van der Waals surface area contributed by atoms with E-state index in [0.29, 0.717) is 18.3 Å². The fourth-order valence-electron chi connectivity index (χ4n) is 2.20. The van der Waals surface area contributed by atoms with Gasteiger partial charge in [0.25, 0.3) is 0 Å². The second-order valence-corrected chi connectivity index (χ2v) is 4.65. The van der Waals surface area contributed by atoms with Crippen molar-refractivity contribution in [3.8, 4) is 11.5 Å². The Morgan fingerprint density at radius 2 is 2.10 bits per heavy atom. The quantitative estimate of drug-likeness (QED) is 0.779. The van der Waals surface area contributed by atoms with Gasteiger partial charge in [0.2, 0.25) is 11.8 Å². The number of aromatic nitrogens is 4. The molecule has 1 aromatic carbocycles. The molecule has 0 radical (unpaired) electrons. The maximum Gasteiger partial charge on any atom is 0.249 e. The SMILES string of the molecule is CCn1ccnc1CNc1ccccc1-c1nnc(C)o1. The van der Waals surface area contributed by atoms with Crippen LogP contribution in [0.15, 0.2) is 41.1 Å². The lowest BCUT2D eigenvalue weighted by atomic mass is 10.2. The van der Waals surface area contributed by atoms with E-state index in [-0.39, 0.29) is 0 Å². The zero-order chi connectivity index (χ0) is 14.7. The zero-order valence-electron chi connectivity index (χ0n) is 12.1. The molecule has 1 N–H and O–H groups in total. The van der Waals surface area contributed by atoms with Crippen molar-refractivity contribution in [3.63, 3.8) is 0 Å². The average Bonchev–Trinajstić information content (AvgIpc) is 3.13. The lowest BCUT2D eigenvalue weighted by Crippen LogP contribution is -2.08. The minimum absolute atomic E-state index is 0.523. The summed E-state index contributed by atoms with van der Waals surface area (Å²) in [6.45, 7) is 5.43. The van der Waals surface area contributed by atoms with Crippen LogP contribution in [0.5, 0.6) is 0 Å². The first-order chi connectivity index (χ1) is 10.3. The van der Waals surface area contributed by atoms with Gasteiger partial charge in [0, 0.05) is 31.5 Å². The number of rotatable bonds is 5. The fourth-order valence-corrected chi connectivity index (χ4v) is 2.20. The number of nitrogens with one attached hydrogen (secondary N) is 1. The van der Waals surface area contributed by atoms with E-state index in [0.717, 1.165) is 23.6 Å². The number of aryl methyl sites for hydroxylation is 2. The van der Waals surface area contributed by atoms with E-state index < -0.39 is 0 Å². The Morgan fingerprint density at radius 1 is 1.24 bits per heavy atom. The van der Waals surface area contributed by atoms with E-state index in [2.05, 4.69) is 32.0 Å². The Bertz CT molecular complexity index is 731. The fraction of sp³-hybridized carbons (Fsp3) is 0.267. The highest BCUT2D eigenvalue weighted by molar-refractivity contribution is 5.72. The molecule has 0 fully saturated rings. The summed E-state index contributed by atoms with van der Waals surface area (Å²) in [6, 6.07) is 7.88. The van der Waals surface area contributed by atoms with Gasteiger partial charge in [-0.25, -0.2) is 4.98 Å². The number of hydrogen-bond donors (Lipinski definition) is 1. The molecule has 0 spiro atoms. The van der Waals surface area contributed by atoms with E-state index >= 15 is 0 Å². The molecule has 6 heteroatoms. The van der Waals surface area contributed by atoms with Crippen molar-refractivity contribution in [3.05, 3.63) is 48.4 Å². The topological polar surface area (TPSA) is 68.8 Å². The van der Waals surface area contributed by atoms with E-state index in [1.54, 1.807) is 6.92 Å². The molecule has 0 aliphatic carbocycles. The van der Waals surface area contributed by atoms with Crippen molar-refractivity contribution in [1.82, 2.24) is 19.7 Å². The Hall–Kier alpha value is -2.63. The predicted octanol–water partition coefficient (Wildman–Crippen LogP) is 2.87. The van der Waals surface area contributed by atoms with Crippen LogP contribution in [0.1, 0.15) is 18.6 Å². The highest BCUT2D eigenvalue weighted by Crippen LogP contribution is 2.26. The minimum atomic E-state index is 0.523. The number of imidazole rings is 1. The van der Waals surface area contributed by atoms with Crippen LogP contribution in [0.4, 0.5) is 5.69 Å². The largest absolute Gasteiger partial charge is 0.421 e. The normalized spacial score (nSPS) is 10.8. The van der Waals surface area contributed by atoms with Crippen molar-refractivity contribution in [2.45, 2.75) is 26.9 Å². The van der Waals surface area contributed by atoms with Crippen LogP contribution >= 0.6 is 0 Å². The van der Waals surface area contributed by atoms with Crippen molar-refractivity contribution >= 4 is 5.69 Å². The van der Waals surface area contributed by atoms with Crippen LogP contribution in [-0.2, 0) is 13.1 Å². The molecule has 21 heavy (non-hydrogen) atoms. The molecule has 0 saturated carbocycles. The lowest BCUT2D eigenvalue weighted by Gasteiger charge is -2.10. The van der Waals surface area contributed by atoms with Crippen LogP contribution in [0.25, 0.3) is 11.5 Å². The molecule has 3 aromatic rings. The van der Waals surface area contributed by atoms with Crippen LogP contribution in [-0.4, -0.2) is 19.7 Å². The van der Waals surface area contributed by atoms with E-state index in [1.165, 1.54) is 0 Å². The van der Waals surface area contributed by atoms with Crippen LogP contribution in [0.2, 0.25) is 0 Å². The molecule has 0 aliphatic rings. The lowest BCUT2D eigenvalue weighted by molar-refractivity contribution is 0.533. The summed E-state index contributed by atoms with van der Waals surface area (Å²) in [4.78, 5) is 4.36. The minimum Gasteiger partial charge on any atom is -0.421 e. The Kier molecular flexibility index (Phi) is 3.68. The number of nitrogens with zero attached hydrogens (tertiary/aromatic N) is 4. The van der Waals surface area contributed by atoms with Gasteiger partial charge in [0.05, 0.1) is 12.1 Å². The summed E-state index contributed by atoms with van der Waals surface area (Å²) in [5, 5.41) is 11.3. The van der Waals surface area contributed by atoms with E-state index in [1.807, 2.05) is 36.7 Å². The zero-order valence-corrected chi connectivity index (χ0v) is 12.1. The highest BCUT2D eigenvalue weighted by atomic mass is 16.4. The molecule has 0 bridgehead atoms. The van der Waals surface area contributed by atoms with Crippen molar-refractivity contribution in [2.75, 3.05) is 5.32 Å². The third-order valence-corrected chi connectivity index (χ3v) is 3.26. The number of para-hydroxylation sites is 1. The molecule has 6 nitrogen and oxygen atoms in total. The predicted molar refractivity (Wildman–Crippen MR) is 79.7 cm³/mol. The smallest absolute Gasteiger partial charge is 0.249 e. The van der Waals surface area contributed by atoms with Gasteiger partial charge in [-0.2, -0.15) is 0 Å².